The molecule has 0 saturated carbocycles. The van der Waals surface area contributed by atoms with Crippen molar-refractivity contribution in [1.29, 1.82) is 0 Å². The number of benzene rings is 1. The third kappa shape index (κ3) is 2.10. The zero-order valence-electron chi connectivity index (χ0n) is 11.5. The fourth-order valence-corrected chi connectivity index (χ4v) is 2.62. The van der Waals surface area contributed by atoms with Crippen LogP contribution in [0.2, 0.25) is 0 Å². The molecular formula is C16H11N5S. The number of hydrogen-bond acceptors (Lipinski definition) is 4. The van der Waals surface area contributed by atoms with Crippen molar-refractivity contribution in [3.63, 3.8) is 0 Å². The normalized spacial score (nSPS) is 10.9. The molecule has 106 valence electrons. The summed E-state index contributed by atoms with van der Waals surface area (Å²) in [6.07, 6.45) is 3.47. The Labute approximate surface area is 131 Å². The average Bonchev–Trinajstić information content (AvgIpc) is 2.97. The van der Waals surface area contributed by atoms with Crippen LogP contribution >= 0.6 is 12.2 Å². The largest absolute Gasteiger partial charge is 0.265 e. The Kier molecular flexibility index (Phi) is 3.01. The number of nitrogens with one attached hydrogen (secondary N) is 1. The maximum Gasteiger partial charge on any atom is 0.200 e. The number of rotatable bonds is 2. The highest BCUT2D eigenvalue weighted by atomic mass is 32.1. The summed E-state index contributed by atoms with van der Waals surface area (Å²) < 4.78 is 2.34. The molecule has 6 heteroatoms. The number of aromatic nitrogens is 5. The van der Waals surface area contributed by atoms with Crippen LogP contribution in [0.15, 0.2) is 60.9 Å². The Bertz CT molecular complexity index is 1000. The van der Waals surface area contributed by atoms with Crippen molar-refractivity contribution in [3.05, 3.63) is 65.7 Å². The number of hydrogen-bond donors (Lipinski definition) is 1. The summed E-state index contributed by atoms with van der Waals surface area (Å²) in [5, 5.41) is 8.25. The van der Waals surface area contributed by atoms with Gasteiger partial charge in [-0.1, -0.05) is 24.3 Å². The van der Waals surface area contributed by atoms with E-state index in [9.17, 15) is 0 Å². The molecule has 0 amide bonds. The molecule has 0 aliphatic carbocycles. The highest BCUT2D eigenvalue weighted by Gasteiger charge is 2.12. The SMILES string of the molecule is S=c1[nH]nc(-c2ccc3ccccc3n2)n1-c1cccnc1. The molecule has 0 aliphatic heterocycles. The minimum atomic E-state index is 0.512. The fourth-order valence-electron chi connectivity index (χ4n) is 2.38. The van der Waals surface area contributed by atoms with Crippen molar-refractivity contribution in [3.8, 4) is 17.2 Å². The average molecular weight is 305 g/mol. The number of fused-ring (bicyclic) bond motifs is 1. The second kappa shape index (κ2) is 5.16. The third-order valence-electron chi connectivity index (χ3n) is 3.40. The monoisotopic (exact) mass is 305 g/mol. The van der Waals surface area contributed by atoms with E-state index in [-0.39, 0.29) is 0 Å². The Balaban J connectivity index is 1.94. The van der Waals surface area contributed by atoms with E-state index in [4.69, 9.17) is 12.2 Å². The number of pyridine rings is 2. The van der Waals surface area contributed by atoms with E-state index in [1.807, 2.05) is 53.1 Å². The van der Waals surface area contributed by atoms with Gasteiger partial charge >= 0.3 is 0 Å². The van der Waals surface area contributed by atoms with Gasteiger partial charge in [-0.05, 0) is 36.5 Å². The lowest BCUT2D eigenvalue weighted by Gasteiger charge is -2.06. The third-order valence-corrected chi connectivity index (χ3v) is 3.68. The first kappa shape index (κ1) is 12.8. The molecule has 0 spiro atoms. The Hall–Kier alpha value is -2.86. The van der Waals surface area contributed by atoms with E-state index in [1.165, 1.54) is 0 Å². The summed E-state index contributed by atoms with van der Waals surface area (Å²) in [5.41, 5.74) is 2.53. The molecule has 3 aromatic heterocycles. The van der Waals surface area contributed by atoms with Gasteiger partial charge in [-0.15, -0.1) is 0 Å². The van der Waals surface area contributed by atoms with Gasteiger partial charge in [-0.2, -0.15) is 5.10 Å². The molecule has 0 unspecified atom stereocenters. The highest BCUT2D eigenvalue weighted by molar-refractivity contribution is 7.71. The predicted octanol–water partition coefficient (Wildman–Crippen LogP) is 3.54. The van der Waals surface area contributed by atoms with E-state index in [0.717, 1.165) is 22.3 Å². The van der Waals surface area contributed by atoms with Crippen LogP contribution in [0.5, 0.6) is 0 Å². The first-order valence-corrected chi connectivity index (χ1v) is 7.18. The van der Waals surface area contributed by atoms with Crippen LogP contribution in [0.1, 0.15) is 0 Å². The molecule has 0 radical (unpaired) electrons. The molecule has 1 aromatic carbocycles. The first-order valence-electron chi connectivity index (χ1n) is 6.77. The summed E-state index contributed by atoms with van der Waals surface area (Å²) in [6, 6.07) is 15.7. The fraction of sp³-hybridized carbons (Fsp3) is 0. The van der Waals surface area contributed by atoms with E-state index in [0.29, 0.717) is 10.6 Å². The molecular weight excluding hydrogens is 294 g/mol. The number of aromatic amines is 1. The molecule has 22 heavy (non-hydrogen) atoms. The van der Waals surface area contributed by atoms with Crippen LogP contribution in [-0.4, -0.2) is 24.7 Å². The van der Waals surface area contributed by atoms with Crippen molar-refractivity contribution >= 4 is 23.1 Å². The Morgan fingerprint density at radius 2 is 1.91 bits per heavy atom. The van der Waals surface area contributed by atoms with Crippen LogP contribution in [-0.2, 0) is 0 Å². The molecule has 0 saturated heterocycles. The molecule has 4 rings (SSSR count). The topological polar surface area (TPSA) is 59.4 Å². The lowest BCUT2D eigenvalue weighted by Crippen LogP contribution is -1.99. The van der Waals surface area contributed by atoms with Crippen molar-refractivity contribution in [2.75, 3.05) is 0 Å². The first-order chi connectivity index (χ1) is 10.8. The molecule has 0 atom stereocenters. The molecule has 0 aliphatic rings. The summed E-state index contributed by atoms with van der Waals surface area (Å²) in [7, 11) is 0. The number of H-pyrrole nitrogens is 1. The van der Waals surface area contributed by atoms with E-state index in [2.05, 4.69) is 20.2 Å². The van der Waals surface area contributed by atoms with Gasteiger partial charge in [0.15, 0.2) is 10.6 Å². The van der Waals surface area contributed by atoms with Crippen LogP contribution in [0.4, 0.5) is 0 Å². The summed E-state index contributed by atoms with van der Waals surface area (Å²) in [4.78, 5) is 8.81. The van der Waals surface area contributed by atoms with Gasteiger partial charge in [0.2, 0.25) is 0 Å². The quantitative estimate of drug-likeness (QED) is 0.575. The number of nitrogens with zero attached hydrogens (tertiary/aromatic N) is 4. The molecule has 0 fully saturated rings. The van der Waals surface area contributed by atoms with Crippen molar-refractivity contribution in [1.82, 2.24) is 24.7 Å². The van der Waals surface area contributed by atoms with Gasteiger partial charge in [0.05, 0.1) is 17.4 Å². The van der Waals surface area contributed by atoms with Crippen LogP contribution in [0.3, 0.4) is 0 Å². The van der Waals surface area contributed by atoms with E-state index >= 15 is 0 Å². The molecule has 5 nitrogen and oxygen atoms in total. The lowest BCUT2D eigenvalue weighted by atomic mass is 10.2. The zero-order chi connectivity index (χ0) is 14.9. The molecule has 0 bridgehead atoms. The van der Waals surface area contributed by atoms with E-state index in [1.54, 1.807) is 12.4 Å². The van der Waals surface area contributed by atoms with Crippen molar-refractivity contribution in [2.45, 2.75) is 0 Å². The van der Waals surface area contributed by atoms with Crippen LogP contribution in [0, 0.1) is 4.77 Å². The highest BCUT2D eigenvalue weighted by Crippen LogP contribution is 2.22. The Morgan fingerprint density at radius 3 is 2.77 bits per heavy atom. The maximum absolute atomic E-state index is 5.34. The van der Waals surface area contributed by atoms with Crippen molar-refractivity contribution in [2.24, 2.45) is 0 Å². The lowest BCUT2D eigenvalue weighted by molar-refractivity contribution is 1.02. The predicted molar refractivity (Wildman–Crippen MR) is 87.3 cm³/mol. The maximum atomic E-state index is 5.34. The molecule has 3 heterocycles. The zero-order valence-corrected chi connectivity index (χ0v) is 12.3. The van der Waals surface area contributed by atoms with Gasteiger partial charge in [-0.25, -0.2) is 4.98 Å². The minimum absolute atomic E-state index is 0.512. The Morgan fingerprint density at radius 1 is 1.00 bits per heavy atom. The van der Waals surface area contributed by atoms with Gasteiger partial charge < -0.3 is 0 Å². The number of para-hydroxylation sites is 1. The van der Waals surface area contributed by atoms with Crippen LogP contribution in [0.25, 0.3) is 28.1 Å². The second-order valence-corrected chi connectivity index (χ2v) is 5.17. The smallest absolute Gasteiger partial charge is 0.200 e. The second-order valence-electron chi connectivity index (χ2n) is 4.79. The molecule has 1 N–H and O–H groups in total. The minimum Gasteiger partial charge on any atom is -0.265 e. The van der Waals surface area contributed by atoms with Gasteiger partial charge in [0.25, 0.3) is 0 Å². The molecule has 4 aromatic rings. The summed E-state index contributed by atoms with van der Waals surface area (Å²) in [5.74, 6) is 0.670. The van der Waals surface area contributed by atoms with Crippen LogP contribution < -0.4 is 0 Å². The standard InChI is InChI=1S/C16H11N5S/c22-16-20-19-15(21(16)12-5-3-9-17-10-12)14-8-7-11-4-1-2-6-13(11)18-14/h1-10H,(H,20,22). The van der Waals surface area contributed by atoms with Gasteiger partial charge in [-0.3, -0.25) is 14.6 Å². The van der Waals surface area contributed by atoms with Gasteiger partial charge in [0.1, 0.15) is 5.69 Å². The van der Waals surface area contributed by atoms with E-state index < -0.39 is 0 Å². The van der Waals surface area contributed by atoms with Crippen molar-refractivity contribution < 1.29 is 0 Å². The summed E-state index contributed by atoms with van der Waals surface area (Å²) in [6.45, 7) is 0. The summed E-state index contributed by atoms with van der Waals surface area (Å²) >= 11 is 5.34. The van der Waals surface area contributed by atoms with Gasteiger partial charge in [0, 0.05) is 11.6 Å².